The largest absolute Gasteiger partial charge is 0.351 e. The number of carbonyl (C=O) groups excluding carboxylic acids is 1. The fourth-order valence-corrected chi connectivity index (χ4v) is 3.94. The SMILES string of the molecule is C=CCNS(=O)(=O)c1cccc(C(=O)NCCSc2ccc(C)cc2)c1. The van der Waals surface area contributed by atoms with E-state index in [1.807, 2.05) is 31.2 Å². The fraction of sp³-hybridized carbons (Fsp3) is 0.211. The minimum atomic E-state index is -3.65. The van der Waals surface area contributed by atoms with Gasteiger partial charge in [0.15, 0.2) is 0 Å². The molecule has 138 valence electrons. The van der Waals surface area contributed by atoms with Crippen molar-refractivity contribution in [1.29, 1.82) is 0 Å². The van der Waals surface area contributed by atoms with Crippen LogP contribution in [-0.4, -0.2) is 33.2 Å². The smallest absolute Gasteiger partial charge is 0.251 e. The van der Waals surface area contributed by atoms with Gasteiger partial charge in [-0.2, -0.15) is 0 Å². The van der Waals surface area contributed by atoms with Crippen LogP contribution in [0.2, 0.25) is 0 Å². The number of hydrogen-bond donors (Lipinski definition) is 2. The van der Waals surface area contributed by atoms with Crippen LogP contribution in [0.15, 0.2) is 71.0 Å². The van der Waals surface area contributed by atoms with Crippen LogP contribution in [0.25, 0.3) is 0 Å². The lowest BCUT2D eigenvalue weighted by Gasteiger charge is -2.08. The number of hydrogen-bond acceptors (Lipinski definition) is 4. The molecule has 0 heterocycles. The second-order valence-corrected chi connectivity index (χ2v) is 8.52. The minimum Gasteiger partial charge on any atom is -0.351 e. The van der Waals surface area contributed by atoms with E-state index >= 15 is 0 Å². The van der Waals surface area contributed by atoms with Crippen LogP contribution in [0.3, 0.4) is 0 Å². The zero-order valence-electron chi connectivity index (χ0n) is 14.6. The van der Waals surface area contributed by atoms with Gasteiger partial charge in [0, 0.05) is 29.3 Å². The van der Waals surface area contributed by atoms with Crippen molar-refractivity contribution in [3.05, 3.63) is 72.3 Å². The Balaban J connectivity index is 1.90. The van der Waals surface area contributed by atoms with Gasteiger partial charge in [-0.15, -0.1) is 18.3 Å². The lowest BCUT2D eigenvalue weighted by atomic mass is 10.2. The van der Waals surface area contributed by atoms with Crippen molar-refractivity contribution in [3.8, 4) is 0 Å². The first-order valence-electron chi connectivity index (χ1n) is 8.10. The zero-order chi connectivity index (χ0) is 19.0. The highest BCUT2D eigenvalue weighted by atomic mass is 32.2. The van der Waals surface area contributed by atoms with Gasteiger partial charge in [-0.1, -0.05) is 29.8 Å². The molecule has 0 aliphatic rings. The molecular formula is C19H22N2O3S2. The van der Waals surface area contributed by atoms with Gasteiger partial charge in [-0.05, 0) is 37.3 Å². The van der Waals surface area contributed by atoms with Crippen molar-refractivity contribution in [2.75, 3.05) is 18.8 Å². The Kier molecular flexibility index (Phi) is 7.44. The van der Waals surface area contributed by atoms with E-state index in [2.05, 4.69) is 16.6 Å². The maximum Gasteiger partial charge on any atom is 0.251 e. The molecule has 0 saturated carbocycles. The Morgan fingerprint density at radius 2 is 1.92 bits per heavy atom. The fourth-order valence-electron chi connectivity index (χ4n) is 2.13. The van der Waals surface area contributed by atoms with Gasteiger partial charge in [0.1, 0.15) is 0 Å². The third-order valence-electron chi connectivity index (χ3n) is 3.50. The van der Waals surface area contributed by atoms with Crippen LogP contribution in [0.5, 0.6) is 0 Å². The first-order valence-corrected chi connectivity index (χ1v) is 10.6. The van der Waals surface area contributed by atoms with Crippen LogP contribution in [0.4, 0.5) is 0 Å². The molecule has 0 atom stereocenters. The van der Waals surface area contributed by atoms with Gasteiger partial charge in [-0.3, -0.25) is 4.79 Å². The average Bonchev–Trinajstić information content (AvgIpc) is 2.65. The van der Waals surface area contributed by atoms with Gasteiger partial charge in [0.25, 0.3) is 5.91 Å². The molecule has 5 nitrogen and oxygen atoms in total. The van der Waals surface area contributed by atoms with E-state index in [0.717, 1.165) is 10.6 Å². The molecule has 2 rings (SSSR count). The molecule has 0 aliphatic carbocycles. The third-order valence-corrected chi connectivity index (χ3v) is 5.94. The van der Waals surface area contributed by atoms with Gasteiger partial charge in [0.2, 0.25) is 10.0 Å². The van der Waals surface area contributed by atoms with Crippen molar-refractivity contribution in [3.63, 3.8) is 0 Å². The number of rotatable bonds is 9. The topological polar surface area (TPSA) is 75.3 Å². The van der Waals surface area contributed by atoms with E-state index in [-0.39, 0.29) is 17.3 Å². The molecule has 0 aromatic heterocycles. The van der Waals surface area contributed by atoms with Crippen LogP contribution in [0.1, 0.15) is 15.9 Å². The molecule has 2 N–H and O–H groups in total. The van der Waals surface area contributed by atoms with Crippen LogP contribution >= 0.6 is 11.8 Å². The molecule has 0 saturated heterocycles. The quantitative estimate of drug-likeness (QED) is 0.392. The van der Waals surface area contributed by atoms with Crippen LogP contribution < -0.4 is 10.0 Å². The molecule has 0 aliphatic heterocycles. The van der Waals surface area contributed by atoms with E-state index in [0.29, 0.717) is 12.1 Å². The van der Waals surface area contributed by atoms with E-state index in [4.69, 9.17) is 0 Å². The highest BCUT2D eigenvalue weighted by molar-refractivity contribution is 7.99. The molecule has 2 aromatic rings. The van der Waals surface area contributed by atoms with Gasteiger partial charge < -0.3 is 5.32 Å². The van der Waals surface area contributed by atoms with E-state index in [9.17, 15) is 13.2 Å². The van der Waals surface area contributed by atoms with Crippen molar-refractivity contribution >= 4 is 27.7 Å². The molecule has 7 heteroatoms. The predicted octanol–water partition coefficient (Wildman–Crippen LogP) is 2.98. The highest BCUT2D eigenvalue weighted by Gasteiger charge is 2.15. The number of sulfonamides is 1. The lowest BCUT2D eigenvalue weighted by molar-refractivity contribution is 0.0956. The number of thioether (sulfide) groups is 1. The summed E-state index contributed by atoms with van der Waals surface area (Å²) in [6.45, 7) is 6.14. The first kappa shape index (κ1) is 20.2. The highest BCUT2D eigenvalue weighted by Crippen LogP contribution is 2.17. The van der Waals surface area contributed by atoms with E-state index < -0.39 is 10.0 Å². The number of aryl methyl sites for hydroxylation is 1. The van der Waals surface area contributed by atoms with Gasteiger partial charge in [-0.25, -0.2) is 13.1 Å². The number of nitrogens with one attached hydrogen (secondary N) is 2. The maximum atomic E-state index is 12.2. The zero-order valence-corrected chi connectivity index (χ0v) is 16.2. The molecule has 0 bridgehead atoms. The van der Waals surface area contributed by atoms with Crippen molar-refractivity contribution in [1.82, 2.24) is 10.0 Å². The Bertz CT molecular complexity index is 863. The summed E-state index contributed by atoms with van der Waals surface area (Å²) >= 11 is 1.65. The molecule has 26 heavy (non-hydrogen) atoms. The molecule has 0 radical (unpaired) electrons. The summed E-state index contributed by atoms with van der Waals surface area (Å²) < 4.78 is 26.6. The number of carbonyl (C=O) groups is 1. The summed E-state index contributed by atoms with van der Waals surface area (Å²) in [5.41, 5.74) is 1.52. The molecule has 2 aromatic carbocycles. The number of benzene rings is 2. The summed E-state index contributed by atoms with van der Waals surface area (Å²) in [5, 5.41) is 2.81. The second kappa shape index (κ2) is 9.56. The second-order valence-electron chi connectivity index (χ2n) is 5.59. The Morgan fingerprint density at radius 1 is 1.19 bits per heavy atom. The molecule has 0 spiro atoms. The minimum absolute atomic E-state index is 0.0565. The van der Waals surface area contributed by atoms with E-state index in [1.54, 1.807) is 23.9 Å². The number of amides is 1. The normalized spacial score (nSPS) is 11.1. The predicted molar refractivity (Wildman–Crippen MR) is 106 cm³/mol. The summed E-state index contributed by atoms with van der Waals surface area (Å²) in [6, 6.07) is 14.2. The molecule has 0 unspecified atom stereocenters. The van der Waals surface area contributed by atoms with Crippen molar-refractivity contribution in [2.45, 2.75) is 16.7 Å². The van der Waals surface area contributed by atoms with Crippen molar-refractivity contribution < 1.29 is 13.2 Å². The summed E-state index contributed by atoms with van der Waals surface area (Å²) in [4.78, 5) is 13.4. The standard InChI is InChI=1S/C19H22N2O3S2/c1-3-11-21-26(23,24)18-6-4-5-16(14-18)19(22)20-12-13-25-17-9-7-15(2)8-10-17/h3-10,14,21H,1,11-13H2,2H3,(H,20,22). The molecule has 0 fully saturated rings. The third kappa shape index (κ3) is 6.01. The molecule has 1 amide bonds. The van der Waals surface area contributed by atoms with Gasteiger partial charge in [0.05, 0.1) is 4.90 Å². The Hall–Kier alpha value is -2.09. The summed E-state index contributed by atoms with van der Waals surface area (Å²) in [6.07, 6.45) is 1.46. The summed E-state index contributed by atoms with van der Waals surface area (Å²) in [7, 11) is -3.65. The van der Waals surface area contributed by atoms with Crippen molar-refractivity contribution in [2.24, 2.45) is 0 Å². The maximum absolute atomic E-state index is 12.2. The molecular weight excluding hydrogens is 368 g/mol. The first-order chi connectivity index (χ1) is 12.4. The Morgan fingerprint density at radius 3 is 2.62 bits per heavy atom. The van der Waals surface area contributed by atoms with Gasteiger partial charge >= 0.3 is 0 Å². The average molecular weight is 391 g/mol. The lowest BCUT2D eigenvalue weighted by Crippen LogP contribution is -2.27. The van der Waals surface area contributed by atoms with Crippen LogP contribution in [0, 0.1) is 6.92 Å². The Labute approximate surface area is 158 Å². The monoisotopic (exact) mass is 390 g/mol. The van der Waals surface area contributed by atoms with Crippen LogP contribution in [-0.2, 0) is 10.0 Å². The van der Waals surface area contributed by atoms with E-state index in [1.165, 1.54) is 23.8 Å². The summed E-state index contributed by atoms with van der Waals surface area (Å²) in [5.74, 6) is 0.434.